The second-order valence-electron chi connectivity index (χ2n) is 2.90. The first-order valence-electron chi connectivity index (χ1n) is 4.77. The first-order valence-corrected chi connectivity index (χ1v) is 4.77. The zero-order valence-corrected chi connectivity index (χ0v) is 8.54. The van der Waals surface area contributed by atoms with Crippen molar-refractivity contribution in [3.63, 3.8) is 0 Å². The monoisotopic (exact) mass is 193 g/mol. The molecule has 1 aromatic heterocycles. The molecule has 0 spiro atoms. The average Bonchev–Trinajstić information content (AvgIpc) is 2.21. The summed E-state index contributed by atoms with van der Waals surface area (Å²) >= 11 is 0. The number of aromatic amines is 1. The van der Waals surface area contributed by atoms with Crippen LogP contribution in [-0.4, -0.2) is 11.6 Å². The van der Waals surface area contributed by atoms with Crippen molar-refractivity contribution in [2.45, 2.75) is 20.3 Å². The molecule has 0 aliphatic rings. The SMILES string of the molecule is CCO/C=C/c1c[nH]c(=O)c(CC)c1. The molecule has 0 aliphatic heterocycles. The van der Waals surface area contributed by atoms with Crippen LogP contribution in [0.4, 0.5) is 0 Å². The number of aromatic nitrogens is 1. The Morgan fingerprint density at radius 1 is 1.50 bits per heavy atom. The molecule has 14 heavy (non-hydrogen) atoms. The molecular weight excluding hydrogens is 178 g/mol. The minimum atomic E-state index is -0.0129. The summed E-state index contributed by atoms with van der Waals surface area (Å²) < 4.78 is 5.07. The maximum Gasteiger partial charge on any atom is 0.251 e. The van der Waals surface area contributed by atoms with Crippen LogP contribution in [0.15, 0.2) is 23.3 Å². The quantitative estimate of drug-likeness (QED) is 0.742. The molecule has 0 bridgehead atoms. The van der Waals surface area contributed by atoms with Crippen molar-refractivity contribution < 1.29 is 4.74 Å². The van der Waals surface area contributed by atoms with Gasteiger partial charge in [0.2, 0.25) is 0 Å². The fraction of sp³-hybridized carbons (Fsp3) is 0.364. The number of pyridine rings is 1. The molecule has 0 saturated heterocycles. The first kappa shape index (κ1) is 10.6. The van der Waals surface area contributed by atoms with Crippen LogP contribution in [0.2, 0.25) is 0 Å². The van der Waals surface area contributed by atoms with Gasteiger partial charge in [-0.2, -0.15) is 0 Å². The lowest BCUT2D eigenvalue weighted by molar-refractivity contribution is 0.272. The Labute approximate surface area is 83.4 Å². The van der Waals surface area contributed by atoms with E-state index in [4.69, 9.17) is 4.74 Å². The van der Waals surface area contributed by atoms with Gasteiger partial charge in [0.15, 0.2) is 0 Å². The van der Waals surface area contributed by atoms with Crippen molar-refractivity contribution in [1.29, 1.82) is 0 Å². The molecule has 1 aromatic rings. The summed E-state index contributed by atoms with van der Waals surface area (Å²) in [6.07, 6.45) is 5.88. The first-order chi connectivity index (χ1) is 6.77. The van der Waals surface area contributed by atoms with Gasteiger partial charge in [-0.3, -0.25) is 4.79 Å². The van der Waals surface area contributed by atoms with E-state index in [9.17, 15) is 4.79 Å². The van der Waals surface area contributed by atoms with Gasteiger partial charge in [0.1, 0.15) is 0 Å². The van der Waals surface area contributed by atoms with Gasteiger partial charge in [0, 0.05) is 11.8 Å². The van der Waals surface area contributed by atoms with E-state index < -0.39 is 0 Å². The van der Waals surface area contributed by atoms with Crippen molar-refractivity contribution in [2.24, 2.45) is 0 Å². The normalized spacial score (nSPS) is 10.7. The van der Waals surface area contributed by atoms with Crippen LogP contribution in [0.1, 0.15) is 25.0 Å². The van der Waals surface area contributed by atoms with E-state index in [0.29, 0.717) is 6.61 Å². The number of ether oxygens (including phenoxy) is 1. The largest absolute Gasteiger partial charge is 0.501 e. The summed E-state index contributed by atoms with van der Waals surface area (Å²) in [5.41, 5.74) is 1.74. The van der Waals surface area contributed by atoms with E-state index in [0.717, 1.165) is 17.5 Å². The van der Waals surface area contributed by atoms with Crippen molar-refractivity contribution in [3.05, 3.63) is 40.0 Å². The van der Waals surface area contributed by atoms with E-state index in [1.807, 2.05) is 26.0 Å². The third-order valence-electron chi connectivity index (χ3n) is 1.91. The van der Waals surface area contributed by atoms with Gasteiger partial charge in [-0.15, -0.1) is 0 Å². The van der Waals surface area contributed by atoms with Crippen LogP contribution in [0, 0.1) is 0 Å². The Morgan fingerprint density at radius 3 is 2.93 bits per heavy atom. The van der Waals surface area contributed by atoms with Crippen LogP contribution in [-0.2, 0) is 11.2 Å². The highest BCUT2D eigenvalue weighted by Crippen LogP contribution is 2.01. The van der Waals surface area contributed by atoms with Crippen molar-refractivity contribution in [1.82, 2.24) is 4.98 Å². The Balaban J connectivity index is 2.84. The van der Waals surface area contributed by atoms with Crippen LogP contribution >= 0.6 is 0 Å². The van der Waals surface area contributed by atoms with E-state index in [1.165, 1.54) is 0 Å². The minimum Gasteiger partial charge on any atom is -0.501 e. The van der Waals surface area contributed by atoms with Gasteiger partial charge in [0.25, 0.3) is 5.56 Å². The minimum absolute atomic E-state index is 0.0129. The van der Waals surface area contributed by atoms with E-state index in [-0.39, 0.29) is 5.56 Å². The summed E-state index contributed by atoms with van der Waals surface area (Å²) in [6.45, 7) is 4.54. The van der Waals surface area contributed by atoms with Gasteiger partial charge in [-0.1, -0.05) is 6.92 Å². The number of hydrogen-bond donors (Lipinski definition) is 1. The van der Waals surface area contributed by atoms with Gasteiger partial charge >= 0.3 is 0 Å². The van der Waals surface area contributed by atoms with Crippen LogP contribution in [0.25, 0.3) is 6.08 Å². The van der Waals surface area contributed by atoms with Gasteiger partial charge in [-0.25, -0.2) is 0 Å². The standard InChI is InChI=1S/C11H15NO2/c1-3-10-7-9(5-6-14-4-2)8-12-11(10)13/h5-8H,3-4H2,1-2H3,(H,12,13)/b6-5+. The Bertz CT molecular complexity index is 366. The average molecular weight is 193 g/mol. The van der Waals surface area contributed by atoms with Gasteiger partial charge in [-0.05, 0) is 31.1 Å². The number of hydrogen-bond acceptors (Lipinski definition) is 2. The molecule has 1 rings (SSSR count). The van der Waals surface area contributed by atoms with Crippen molar-refractivity contribution in [2.75, 3.05) is 6.61 Å². The molecule has 0 amide bonds. The fourth-order valence-electron chi connectivity index (χ4n) is 1.13. The number of rotatable bonds is 4. The molecule has 3 nitrogen and oxygen atoms in total. The lowest BCUT2D eigenvalue weighted by Crippen LogP contribution is -2.10. The molecule has 0 atom stereocenters. The van der Waals surface area contributed by atoms with Crippen molar-refractivity contribution >= 4 is 6.08 Å². The predicted molar refractivity (Wildman–Crippen MR) is 57.1 cm³/mol. The Kier molecular flexibility index (Phi) is 3.98. The molecule has 1 N–H and O–H groups in total. The molecule has 0 aromatic carbocycles. The van der Waals surface area contributed by atoms with E-state index in [1.54, 1.807) is 12.5 Å². The van der Waals surface area contributed by atoms with Gasteiger partial charge < -0.3 is 9.72 Å². The van der Waals surface area contributed by atoms with Crippen molar-refractivity contribution in [3.8, 4) is 0 Å². The molecule has 0 fully saturated rings. The Morgan fingerprint density at radius 2 is 2.29 bits per heavy atom. The molecular formula is C11H15NO2. The maximum absolute atomic E-state index is 11.2. The molecule has 0 aliphatic carbocycles. The Hall–Kier alpha value is -1.51. The smallest absolute Gasteiger partial charge is 0.251 e. The lowest BCUT2D eigenvalue weighted by atomic mass is 10.1. The van der Waals surface area contributed by atoms with Crippen LogP contribution in [0.5, 0.6) is 0 Å². The second kappa shape index (κ2) is 5.27. The topological polar surface area (TPSA) is 42.1 Å². The van der Waals surface area contributed by atoms with Crippen LogP contribution in [0.3, 0.4) is 0 Å². The number of nitrogens with one attached hydrogen (secondary N) is 1. The summed E-state index contributed by atoms with van der Waals surface area (Å²) in [4.78, 5) is 13.9. The van der Waals surface area contributed by atoms with Gasteiger partial charge in [0.05, 0.1) is 12.9 Å². The zero-order valence-electron chi connectivity index (χ0n) is 8.54. The van der Waals surface area contributed by atoms with E-state index >= 15 is 0 Å². The summed E-state index contributed by atoms with van der Waals surface area (Å²) in [5.74, 6) is 0. The highest BCUT2D eigenvalue weighted by molar-refractivity contribution is 5.47. The molecule has 0 saturated carbocycles. The number of aryl methyl sites for hydroxylation is 1. The summed E-state index contributed by atoms with van der Waals surface area (Å²) in [5, 5.41) is 0. The molecule has 0 radical (unpaired) electrons. The third kappa shape index (κ3) is 2.76. The highest BCUT2D eigenvalue weighted by atomic mass is 16.5. The second-order valence-corrected chi connectivity index (χ2v) is 2.90. The highest BCUT2D eigenvalue weighted by Gasteiger charge is 1.96. The molecule has 76 valence electrons. The molecule has 1 heterocycles. The van der Waals surface area contributed by atoms with E-state index in [2.05, 4.69) is 4.98 Å². The fourth-order valence-corrected chi connectivity index (χ4v) is 1.13. The lowest BCUT2D eigenvalue weighted by Gasteiger charge is -1.98. The number of H-pyrrole nitrogens is 1. The zero-order chi connectivity index (χ0) is 10.4. The third-order valence-corrected chi connectivity index (χ3v) is 1.91. The predicted octanol–water partition coefficient (Wildman–Crippen LogP) is 1.94. The summed E-state index contributed by atoms with van der Waals surface area (Å²) in [7, 11) is 0. The molecule has 3 heteroatoms. The maximum atomic E-state index is 11.2. The van der Waals surface area contributed by atoms with Crippen LogP contribution < -0.4 is 5.56 Å². The summed E-state index contributed by atoms with van der Waals surface area (Å²) in [6, 6.07) is 1.87. The molecule has 0 unspecified atom stereocenters.